The molecule has 6 nitrogen and oxygen atoms in total. The van der Waals surface area contributed by atoms with Crippen molar-refractivity contribution >= 4 is 11.8 Å². The fourth-order valence-electron chi connectivity index (χ4n) is 3.29. The van der Waals surface area contributed by atoms with Gasteiger partial charge in [-0.2, -0.15) is 5.10 Å². The van der Waals surface area contributed by atoms with Crippen molar-refractivity contribution < 1.29 is 9.59 Å². The Hall–Kier alpha value is -2.63. The lowest BCUT2D eigenvalue weighted by Gasteiger charge is -2.21. The first-order valence-electron chi connectivity index (χ1n) is 8.65. The first-order chi connectivity index (χ1) is 12.0. The van der Waals surface area contributed by atoms with Crippen LogP contribution in [0.2, 0.25) is 0 Å². The Morgan fingerprint density at radius 3 is 2.80 bits per heavy atom. The second kappa shape index (κ2) is 7.09. The number of hydrogen-bond acceptors (Lipinski definition) is 3. The van der Waals surface area contributed by atoms with Crippen LogP contribution in [0.15, 0.2) is 24.3 Å². The van der Waals surface area contributed by atoms with E-state index in [9.17, 15) is 9.59 Å². The Bertz CT molecular complexity index is 810. The van der Waals surface area contributed by atoms with Crippen LogP contribution in [0.4, 0.5) is 0 Å². The maximum Gasteiger partial charge on any atom is 0.232 e. The van der Waals surface area contributed by atoms with Gasteiger partial charge >= 0.3 is 0 Å². The fourth-order valence-corrected chi connectivity index (χ4v) is 3.29. The van der Waals surface area contributed by atoms with Crippen molar-refractivity contribution in [2.24, 2.45) is 5.92 Å². The molecule has 1 aromatic heterocycles. The third-order valence-electron chi connectivity index (χ3n) is 4.83. The number of benzene rings is 1. The number of aryl methyl sites for hydroxylation is 2. The Morgan fingerprint density at radius 2 is 2.08 bits per heavy atom. The van der Waals surface area contributed by atoms with E-state index in [2.05, 4.69) is 28.7 Å². The largest absolute Gasteiger partial charge is 0.355 e. The average Bonchev–Trinajstić information content (AvgIpc) is 2.88. The van der Waals surface area contributed by atoms with Gasteiger partial charge in [-0.25, -0.2) is 4.68 Å². The molecular formula is C19H24N4O2. The predicted octanol–water partition coefficient (Wildman–Crippen LogP) is 1.94. The SMILES string of the molecule is Cc1ccccc1-n1nc(C)c(CNC(=O)C2CCCNC2=O)c1C. The fraction of sp³-hybridized carbons (Fsp3) is 0.421. The van der Waals surface area contributed by atoms with Gasteiger partial charge in [-0.1, -0.05) is 18.2 Å². The minimum Gasteiger partial charge on any atom is -0.355 e. The lowest BCUT2D eigenvalue weighted by atomic mass is 9.97. The second-order valence-electron chi connectivity index (χ2n) is 6.55. The second-order valence-corrected chi connectivity index (χ2v) is 6.55. The van der Waals surface area contributed by atoms with Crippen LogP contribution in [0, 0.1) is 26.7 Å². The van der Waals surface area contributed by atoms with E-state index >= 15 is 0 Å². The lowest BCUT2D eigenvalue weighted by Crippen LogP contribution is -2.44. The summed E-state index contributed by atoms with van der Waals surface area (Å²) >= 11 is 0. The molecule has 0 spiro atoms. The molecule has 0 radical (unpaired) electrons. The molecule has 6 heteroatoms. The van der Waals surface area contributed by atoms with Crippen LogP contribution in [-0.2, 0) is 16.1 Å². The molecule has 2 N–H and O–H groups in total. The molecule has 0 bridgehead atoms. The van der Waals surface area contributed by atoms with Gasteiger partial charge in [0.15, 0.2) is 0 Å². The summed E-state index contributed by atoms with van der Waals surface area (Å²) < 4.78 is 1.92. The Kier molecular flexibility index (Phi) is 4.88. The molecule has 2 amide bonds. The molecule has 1 fully saturated rings. The number of rotatable bonds is 4. The van der Waals surface area contributed by atoms with E-state index in [0.29, 0.717) is 19.5 Å². The van der Waals surface area contributed by atoms with E-state index < -0.39 is 5.92 Å². The van der Waals surface area contributed by atoms with Crippen LogP contribution in [0.1, 0.15) is 35.4 Å². The van der Waals surface area contributed by atoms with Gasteiger partial charge in [-0.3, -0.25) is 9.59 Å². The van der Waals surface area contributed by atoms with E-state index in [4.69, 9.17) is 0 Å². The molecule has 3 rings (SSSR count). The molecule has 1 atom stereocenters. The first kappa shape index (κ1) is 17.2. The Labute approximate surface area is 147 Å². The highest BCUT2D eigenvalue weighted by molar-refractivity contribution is 6.00. The van der Waals surface area contributed by atoms with Crippen LogP contribution >= 0.6 is 0 Å². The van der Waals surface area contributed by atoms with Crippen molar-refractivity contribution in [3.05, 3.63) is 46.8 Å². The highest BCUT2D eigenvalue weighted by atomic mass is 16.2. The highest BCUT2D eigenvalue weighted by Gasteiger charge is 2.29. The van der Waals surface area contributed by atoms with Gasteiger partial charge in [0.25, 0.3) is 0 Å². The molecule has 2 heterocycles. The number of amides is 2. The van der Waals surface area contributed by atoms with Crippen molar-refractivity contribution in [3.63, 3.8) is 0 Å². The number of nitrogens with one attached hydrogen (secondary N) is 2. The standard InChI is InChI=1S/C19H24N4O2/c1-12-7-4-5-9-17(12)23-14(3)16(13(2)22-23)11-21-19(25)15-8-6-10-20-18(15)24/h4-5,7,9,15H,6,8,10-11H2,1-3H3,(H,20,24)(H,21,25). The number of nitrogens with zero attached hydrogens (tertiary/aromatic N) is 2. The van der Waals surface area contributed by atoms with Crippen molar-refractivity contribution in [2.75, 3.05) is 6.54 Å². The van der Waals surface area contributed by atoms with E-state index in [1.807, 2.05) is 36.7 Å². The van der Waals surface area contributed by atoms with Crippen molar-refractivity contribution in [2.45, 2.75) is 40.2 Å². The summed E-state index contributed by atoms with van der Waals surface area (Å²) in [6, 6.07) is 8.07. The minimum atomic E-state index is -0.583. The maximum absolute atomic E-state index is 12.3. The average molecular weight is 340 g/mol. The number of carbonyl (C=O) groups is 2. The smallest absolute Gasteiger partial charge is 0.232 e. The van der Waals surface area contributed by atoms with E-state index in [1.54, 1.807) is 0 Å². The molecule has 0 saturated carbocycles. The van der Waals surface area contributed by atoms with Crippen molar-refractivity contribution in [3.8, 4) is 5.69 Å². The van der Waals surface area contributed by atoms with Gasteiger partial charge in [-0.05, 0) is 45.2 Å². The number of hydrogen-bond donors (Lipinski definition) is 2. The van der Waals surface area contributed by atoms with Crippen LogP contribution in [0.25, 0.3) is 5.69 Å². The molecule has 1 aromatic carbocycles. The van der Waals surface area contributed by atoms with Gasteiger partial charge in [0.2, 0.25) is 11.8 Å². The number of para-hydroxylation sites is 1. The summed E-state index contributed by atoms with van der Waals surface area (Å²) in [5, 5.41) is 10.3. The van der Waals surface area contributed by atoms with Crippen LogP contribution in [0.3, 0.4) is 0 Å². The molecule has 0 aliphatic carbocycles. The summed E-state index contributed by atoms with van der Waals surface area (Å²) in [5.74, 6) is -0.965. The maximum atomic E-state index is 12.3. The van der Waals surface area contributed by atoms with Crippen molar-refractivity contribution in [1.82, 2.24) is 20.4 Å². The summed E-state index contributed by atoms with van der Waals surface area (Å²) in [4.78, 5) is 24.2. The third kappa shape index (κ3) is 3.43. The zero-order valence-electron chi connectivity index (χ0n) is 14.9. The van der Waals surface area contributed by atoms with Gasteiger partial charge in [0.05, 0.1) is 11.4 Å². The van der Waals surface area contributed by atoms with Gasteiger partial charge in [0, 0.05) is 24.3 Å². The van der Waals surface area contributed by atoms with Crippen LogP contribution < -0.4 is 10.6 Å². The molecule has 1 unspecified atom stereocenters. The normalized spacial score (nSPS) is 17.2. The van der Waals surface area contributed by atoms with Crippen molar-refractivity contribution in [1.29, 1.82) is 0 Å². The summed E-state index contributed by atoms with van der Waals surface area (Å²) in [6.07, 6.45) is 1.45. The van der Waals surface area contributed by atoms with Crippen LogP contribution in [-0.4, -0.2) is 28.1 Å². The molecule has 25 heavy (non-hydrogen) atoms. The zero-order valence-corrected chi connectivity index (χ0v) is 14.9. The Morgan fingerprint density at radius 1 is 1.32 bits per heavy atom. The first-order valence-corrected chi connectivity index (χ1v) is 8.65. The monoisotopic (exact) mass is 340 g/mol. The summed E-state index contributed by atoms with van der Waals surface area (Å²) in [5.41, 5.74) is 5.05. The quantitative estimate of drug-likeness (QED) is 0.835. The van der Waals surface area contributed by atoms with E-state index in [0.717, 1.165) is 34.6 Å². The summed E-state index contributed by atoms with van der Waals surface area (Å²) in [6.45, 7) is 7.03. The molecule has 2 aromatic rings. The zero-order chi connectivity index (χ0) is 18.0. The highest BCUT2D eigenvalue weighted by Crippen LogP contribution is 2.20. The number of aromatic nitrogens is 2. The molecular weight excluding hydrogens is 316 g/mol. The Balaban J connectivity index is 1.76. The van der Waals surface area contributed by atoms with Gasteiger partial charge < -0.3 is 10.6 Å². The third-order valence-corrected chi connectivity index (χ3v) is 4.83. The lowest BCUT2D eigenvalue weighted by molar-refractivity contribution is -0.136. The number of carbonyl (C=O) groups excluding carboxylic acids is 2. The van der Waals surface area contributed by atoms with E-state index in [1.165, 1.54) is 0 Å². The van der Waals surface area contributed by atoms with Crippen LogP contribution in [0.5, 0.6) is 0 Å². The van der Waals surface area contributed by atoms with Gasteiger partial charge in [-0.15, -0.1) is 0 Å². The minimum absolute atomic E-state index is 0.173. The van der Waals surface area contributed by atoms with E-state index in [-0.39, 0.29) is 11.8 Å². The van der Waals surface area contributed by atoms with Gasteiger partial charge in [0.1, 0.15) is 5.92 Å². The molecule has 1 saturated heterocycles. The predicted molar refractivity (Wildman–Crippen MR) is 95.4 cm³/mol. The molecule has 132 valence electrons. The summed E-state index contributed by atoms with van der Waals surface area (Å²) in [7, 11) is 0. The molecule has 1 aliphatic heterocycles. The number of piperidine rings is 1. The molecule has 1 aliphatic rings. The topological polar surface area (TPSA) is 76.0 Å².